The highest BCUT2D eigenvalue weighted by Gasteiger charge is 2.12. The van der Waals surface area contributed by atoms with Gasteiger partial charge in [-0.05, 0) is 31.9 Å². The number of methoxy groups -OCH3 is 1. The summed E-state index contributed by atoms with van der Waals surface area (Å²) in [6.07, 6.45) is 3.16. The van der Waals surface area contributed by atoms with Crippen molar-refractivity contribution >= 4 is 0 Å². The Morgan fingerprint density at radius 1 is 1.33 bits per heavy atom. The minimum absolute atomic E-state index is 0.338. The van der Waals surface area contributed by atoms with Crippen molar-refractivity contribution in [3.05, 3.63) is 17.5 Å². The van der Waals surface area contributed by atoms with E-state index in [1.807, 2.05) is 0 Å². The first-order valence-corrected chi connectivity index (χ1v) is 7.02. The van der Waals surface area contributed by atoms with E-state index in [9.17, 15) is 0 Å². The van der Waals surface area contributed by atoms with Crippen LogP contribution in [0.3, 0.4) is 0 Å². The smallest absolute Gasteiger partial charge is 0.0633 e. The zero-order valence-corrected chi connectivity index (χ0v) is 12.2. The van der Waals surface area contributed by atoms with E-state index in [4.69, 9.17) is 4.74 Å². The fraction of sp³-hybridized carbons (Fsp3) is 0.786. The average molecular weight is 253 g/mol. The highest BCUT2D eigenvalue weighted by molar-refractivity contribution is 5.10. The van der Waals surface area contributed by atoms with Crippen LogP contribution in [0.5, 0.6) is 0 Å². The second kappa shape index (κ2) is 8.27. The molecule has 0 aromatic carbocycles. The predicted octanol–water partition coefficient (Wildman–Crippen LogP) is 2.02. The summed E-state index contributed by atoms with van der Waals surface area (Å²) >= 11 is 0. The third-order valence-electron chi connectivity index (χ3n) is 3.08. The summed E-state index contributed by atoms with van der Waals surface area (Å²) in [5, 5.41) is 8.16. The Bertz CT molecular complexity index is 336. The van der Waals surface area contributed by atoms with Crippen molar-refractivity contribution in [3.63, 3.8) is 0 Å². The lowest BCUT2D eigenvalue weighted by Crippen LogP contribution is -2.38. The quantitative estimate of drug-likeness (QED) is 0.732. The van der Waals surface area contributed by atoms with Crippen LogP contribution in [0.25, 0.3) is 0 Å². The van der Waals surface area contributed by atoms with Crippen molar-refractivity contribution in [3.8, 4) is 0 Å². The van der Waals surface area contributed by atoms with Gasteiger partial charge in [0.1, 0.15) is 0 Å². The Kier molecular flexibility index (Phi) is 6.98. The standard InChI is InChI=1S/C14H27N3O/c1-5-8-15-13(11-18-4)10-17-14(7-3)9-12(6-2)16-17/h9,13,15H,5-8,10-11H2,1-4H3. The largest absolute Gasteiger partial charge is 0.383 e. The van der Waals surface area contributed by atoms with Gasteiger partial charge in [-0.2, -0.15) is 5.10 Å². The summed E-state index contributed by atoms with van der Waals surface area (Å²) in [6, 6.07) is 2.55. The van der Waals surface area contributed by atoms with Crippen LogP contribution in [-0.4, -0.2) is 36.1 Å². The molecule has 0 radical (unpaired) electrons. The van der Waals surface area contributed by atoms with Gasteiger partial charge in [0, 0.05) is 12.8 Å². The summed E-state index contributed by atoms with van der Waals surface area (Å²) in [7, 11) is 1.75. The number of aryl methyl sites for hydroxylation is 2. The van der Waals surface area contributed by atoms with Gasteiger partial charge < -0.3 is 10.1 Å². The molecule has 104 valence electrons. The van der Waals surface area contributed by atoms with Gasteiger partial charge >= 0.3 is 0 Å². The molecule has 0 spiro atoms. The van der Waals surface area contributed by atoms with Crippen LogP contribution in [0.1, 0.15) is 38.6 Å². The van der Waals surface area contributed by atoms with Crippen molar-refractivity contribution in [2.75, 3.05) is 20.3 Å². The van der Waals surface area contributed by atoms with Gasteiger partial charge in [0.2, 0.25) is 0 Å². The van der Waals surface area contributed by atoms with E-state index >= 15 is 0 Å². The van der Waals surface area contributed by atoms with Gasteiger partial charge in [-0.25, -0.2) is 0 Å². The van der Waals surface area contributed by atoms with Crippen molar-refractivity contribution in [2.45, 2.75) is 52.6 Å². The SMILES string of the molecule is CCCNC(COC)Cn1nc(CC)cc1CC. The lowest BCUT2D eigenvalue weighted by Gasteiger charge is -2.18. The van der Waals surface area contributed by atoms with E-state index in [0.717, 1.165) is 39.0 Å². The van der Waals surface area contributed by atoms with Crippen molar-refractivity contribution in [2.24, 2.45) is 0 Å². The molecule has 1 aromatic rings. The number of nitrogens with one attached hydrogen (secondary N) is 1. The first-order valence-electron chi connectivity index (χ1n) is 7.02. The van der Waals surface area contributed by atoms with E-state index in [1.165, 1.54) is 11.4 Å². The van der Waals surface area contributed by atoms with E-state index in [0.29, 0.717) is 6.04 Å². The molecule has 1 unspecified atom stereocenters. The van der Waals surface area contributed by atoms with E-state index in [1.54, 1.807) is 7.11 Å². The van der Waals surface area contributed by atoms with Gasteiger partial charge in [0.15, 0.2) is 0 Å². The molecule has 18 heavy (non-hydrogen) atoms. The maximum atomic E-state index is 5.28. The summed E-state index contributed by atoms with van der Waals surface area (Å²) in [6.45, 7) is 9.14. The molecule has 1 N–H and O–H groups in total. The minimum atomic E-state index is 0.338. The highest BCUT2D eigenvalue weighted by atomic mass is 16.5. The molecule has 0 bridgehead atoms. The molecule has 0 aliphatic heterocycles. The second-order valence-electron chi connectivity index (χ2n) is 4.62. The zero-order chi connectivity index (χ0) is 13.4. The number of rotatable bonds is 9. The average Bonchev–Trinajstić information content (AvgIpc) is 2.78. The monoisotopic (exact) mass is 253 g/mol. The molecule has 4 nitrogen and oxygen atoms in total. The molecule has 1 heterocycles. The third-order valence-corrected chi connectivity index (χ3v) is 3.08. The van der Waals surface area contributed by atoms with Crippen LogP contribution in [0.15, 0.2) is 6.07 Å². The highest BCUT2D eigenvalue weighted by Crippen LogP contribution is 2.07. The Morgan fingerprint density at radius 2 is 2.11 bits per heavy atom. The van der Waals surface area contributed by atoms with Crippen LogP contribution in [0.2, 0.25) is 0 Å². The molecular weight excluding hydrogens is 226 g/mol. The Morgan fingerprint density at radius 3 is 2.67 bits per heavy atom. The van der Waals surface area contributed by atoms with Crippen molar-refractivity contribution < 1.29 is 4.74 Å². The summed E-state index contributed by atoms with van der Waals surface area (Å²) in [4.78, 5) is 0. The van der Waals surface area contributed by atoms with Gasteiger partial charge in [-0.1, -0.05) is 20.8 Å². The fourth-order valence-electron chi connectivity index (χ4n) is 2.06. The van der Waals surface area contributed by atoms with Crippen molar-refractivity contribution in [1.82, 2.24) is 15.1 Å². The molecule has 0 aliphatic rings. The van der Waals surface area contributed by atoms with Gasteiger partial charge in [-0.15, -0.1) is 0 Å². The fourth-order valence-corrected chi connectivity index (χ4v) is 2.06. The summed E-state index contributed by atoms with van der Waals surface area (Å²) in [5.74, 6) is 0. The molecule has 0 saturated heterocycles. The molecule has 0 fully saturated rings. The molecule has 0 aliphatic carbocycles. The normalized spacial score (nSPS) is 12.9. The van der Waals surface area contributed by atoms with Crippen LogP contribution in [-0.2, 0) is 24.1 Å². The van der Waals surface area contributed by atoms with Crippen LogP contribution < -0.4 is 5.32 Å². The molecule has 0 saturated carbocycles. The Hall–Kier alpha value is -0.870. The molecular formula is C14H27N3O. The van der Waals surface area contributed by atoms with Crippen molar-refractivity contribution in [1.29, 1.82) is 0 Å². The Balaban J connectivity index is 2.68. The minimum Gasteiger partial charge on any atom is -0.383 e. The second-order valence-corrected chi connectivity index (χ2v) is 4.62. The van der Waals surface area contributed by atoms with E-state index in [-0.39, 0.29) is 0 Å². The maximum Gasteiger partial charge on any atom is 0.0633 e. The van der Waals surface area contributed by atoms with Crippen LogP contribution >= 0.6 is 0 Å². The molecule has 1 rings (SSSR count). The maximum absolute atomic E-state index is 5.28. The Labute approximate surface area is 111 Å². The van der Waals surface area contributed by atoms with Crippen LogP contribution in [0, 0.1) is 0 Å². The van der Waals surface area contributed by atoms with E-state index < -0.39 is 0 Å². The molecule has 0 amide bonds. The molecule has 1 aromatic heterocycles. The number of hydrogen-bond acceptors (Lipinski definition) is 3. The predicted molar refractivity (Wildman–Crippen MR) is 74.9 cm³/mol. The molecule has 1 atom stereocenters. The van der Waals surface area contributed by atoms with E-state index in [2.05, 4.69) is 41.9 Å². The first kappa shape index (κ1) is 15.2. The number of nitrogens with zero attached hydrogens (tertiary/aromatic N) is 2. The number of ether oxygens (including phenoxy) is 1. The lowest BCUT2D eigenvalue weighted by molar-refractivity contribution is 0.156. The van der Waals surface area contributed by atoms with Gasteiger partial charge in [0.25, 0.3) is 0 Å². The summed E-state index contributed by atoms with van der Waals surface area (Å²) in [5.41, 5.74) is 2.49. The lowest BCUT2D eigenvalue weighted by atomic mass is 10.2. The molecule has 4 heteroatoms. The number of aromatic nitrogens is 2. The van der Waals surface area contributed by atoms with Gasteiger partial charge in [0.05, 0.1) is 24.9 Å². The first-order chi connectivity index (χ1) is 8.74. The third kappa shape index (κ3) is 4.42. The zero-order valence-electron chi connectivity index (χ0n) is 12.2. The summed E-state index contributed by atoms with van der Waals surface area (Å²) < 4.78 is 7.41. The van der Waals surface area contributed by atoms with Crippen LogP contribution in [0.4, 0.5) is 0 Å². The number of hydrogen-bond donors (Lipinski definition) is 1. The topological polar surface area (TPSA) is 39.1 Å². The van der Waals surface area contributed by atoms with Gasteiger partial charge in [-0.3, -0.25) is 4.68 Å².